The minimum atomic E-state index is 0.0829. The maximum Gasteiger partial charge on any atom is 0.248 e. The van der Waals surface area contributed by atoms with Gasteiger partial charge in [0.25, 0.3) is 0 Å². The first-order chi connectivity index (χ1) is 7.27. The van der Waals surface area contributed by atoms with Crippen LogP contribution in [0.15, 0.2) is 0 Å². The molecule has 15 heavy (non-hydrogen) atoms. The predicted octanol–water partition coefficient (Wildman–Crippen LogP) is 0.644. The van der Waals surface area contributed by atoms with Gasteiger partial charge in [-0.05, 0) is 32.1 Å². The van der Waals surface area contributed by atoms with Crippen LogP contribution in [0.25, 0.3) is 0 Å². The second kappa shape index (κ2) is 6.80. The second-order valence-electron chi connectivity index (χ2n) is 4.00. The Morgan fingerprint density at radius 2 is 2.40 bits per heavy atom. The van der Waals surface area contributed by atoms with Crippen LogP contribution in [0.2, 0.25) is 0 Å². The van der Waals surface area contributed by atoms with E-state index in [0.717, 1.165) is 32.4 Å². The first-order valence-electron chi connectivity index (χ1n) is 5.74. The highest BCUT2D eigenvalue weighted by Gasteiger charge is 2.22. The topological polar surface area (TPSA) is 49.8 Å². The van der Waals surface area contributed by atoms with Crippen molar-refractivity contribution in [3.8, 4) is 0 Å². The van der Waals surface area contributed by atoms with Crippen LogP contribution in [0, 0.1) is 5.92 Å². The minimum absolute atomic E-state index is 0.0829. The number of piperidine rings is 1. The van der Waals surface area contributed by atoms with Crippen LogP contribution in [0.3, 0.4) is 0 Å². The quantitative estimate of drug-likeness (QED) is 0.732. The smallest absolute Gasteiger partial charge is 0.248 e. The third kappa shape index (κ3) is 4.18. The zero-order valence-corrected chi connectivity index (χ0v) is 9.45. The summed E-state index contributed by atoms with van der Waals surface area (Å²) >= 11 is 0. The van der Waals surface area contributed by atoms with Gasteiger partial charge in [0.1, 0.15) is 6.61 Å². The molecular weight excluding hydrogens is 194 g/mol. The number of nitrogens with zero attached hydrogens (tertiary/aromatic N) is 1. The summed E-state index contributed by atoms with van der Waals surface area (Å²) in [6.45, 7) is 4.51. The number of ether oxygens (including phenoxy) is 1. The van der Waals surface area contributed by atoms with E-state index in [2.05, 4.69) is 0 Å². The number of aliphatic hydroxyl groups excluding tert-OH is 1. The Labute approximate surface area is 91.2 Å². The fourth-order valence-electron chi connectivity index (χ4n) is 1.99. The molecule has 1 fully saturated rings. The van der Waals surface area contributed by atoms with Gasteiger partial charge in [-0.2, -0.15) is 0 Å². The van der Waals surface area contributed by atoms with E-state index < -0.39 is 0 Å². The highest BCUT2D eigenvalue weighted by atomic mass is 16.5. The molecule has 0 aliphatic carbocycles. The van der Waals surface area contributed by atoms with Crippen LogP contribution in [-0.4, -0.2) is 48.8 Å². The molecule has 0 aromatic carbocycles. The van der Waals surface area contributed by atoms with Crippen molar-refractivity contribution in [2.45, 2.75) is 26.2 Å². The molecule has 1 heterocycles. The predicted molar refractivity (Wildman–Crippen MR) is 57.5 cm³/mol. The molecule has 0 spiro atoms. The molecule has 1 rings (SSSR count). The van der Waals surface area contributed by atoms with Crippen molar-refractivity contribution in [2.75, 3.05) is 32.9 Å². The summed E-state index contributed by atoms with van der Waals surface area (Å²) < 4.78 is 5.10. The Morgan fingerprint density at radius 3 is 3.07 bits per heavy atom. The summed E-state index contributed by atoms with van der Waals surface area (Å²) in [4.78, 5) is 13.5. The molecule has 1 unspecified atom stereocenters. The lowest BCUT2D eigenvalue weighted by Crippen LogP contribution is -2.41. The number of amides is 1. The fraction of sp³-hybridized carbons (Fsp3) is 0.909. The second-order valence-corrected chi connectivity index (χ2v) is 4.00. The molecule has 1 amide bonds. The van der Waals surface area contributed by atoms with Gasteiger partial charge in [-0.15, -0.1) is 0 Å². The van der Waals surface area contributed by atoms with Gasteiger partial charge in [0, 0.05) is 26.3 Å². The zero-order chi connectivity index (χ0) is 11.1. The van der Waals surface area contributed by atoms with Gasteiger partial charge in [0.2, 0.25) is 5.91 Å². The lowest BCUT2D eigenvalue weighted by molar-refractivity contribution is -0.137. The lowest BCUT2D eigenvalue weighted by Gasteiger charge is -2.32. The molecule has 0 radical (unpaired) electrons. The molecule has 0 saturated carbocycles. The van der Waals surface area contributed by atoms with Gasteiger partial charge >= 0.3 is 0 Å². The molecule has 0 aromatic heterocycles. The van der Waals surface area contributed by atoms with E-state index in [1.165, 1.54) is 0 Å². The Kier molecular flexibility index (Phi) is 5.65. The Balaban J connectivity index is 2.31. The average molecular weight is 215 g/mol. The molecule has 0 bridgehead atoms. The highest BCUT2D eigenvalue weighted by Crippen LogP contribution is 2.19. The van der Waals surface area contributed by atoms with Crippen molar-refractivity contribution in [3.05, 3.63) is 0 Å². The Hall–Kier alpha value is -0.610. The van der Waals surface area contributed by atoms with Gasteiger partial charge in [-0.1, -0.05) is 0 Å². The van der Waals surface area contributed by atoms with E-state index in [4.69, 9.17) is 9.84 Å². The number of hydrogen-bond donors (Lipinski definition) is 1. The van der Waals surface area contributed by atoms with Gasteiger partial charge in [-0.3, -0.25) is 4.79 Å². The first-order valence-corrected chi connectivity index (χ1v) is 5.74. The summed E-state index contributed by atoms with van der Waals surface area (Å²) in [5.41, 5.74) is 0. The molecule has 1 N–H and O–H groups in total. The van der Waals surface area contributed by atoms with Gasteiger partial charge in [0.05, 0.1) is 0 Å². The van der Waals surface area contributed by atoms with Gasteiger partial charge < -0.3 is 14.7 Å². The summed E-state index contributed by atoms with van der Waals surface area (Å²) in [5.74, 6) is 0.550. The number of carbonyl (C=O) groups excluding carboxylic acids is 1. The van der Waals surface area contributed by atoms with Gasteiger partial charge in [-0.25, -0.2) is 0 Å². The van der Waals surface area contributed by atoms with Crippen LogP contribution < -0.4 is 0 Å². The van der Waals surface area contributed by atoms with E-state index in [0.29, 0.717) is 12.5 Å². The standard InChI is InChI=1S/C11H21NO3/c1-2-15-9-11(14)12-6-3-4-10(8-12)5-7-13/h10,13H,2-9H2,1H3. The van der Waals surface area contributed by atoms with Gasteiger partial charge in [0.15, 0.2) is 0 Å². The minimum Gasteiger partial charge on any atom is -0.396 e. The number of aliphatic hydroxyl groups is 1. The maximum atomic E-state index is 11.6. The monoisotopic (exact) mass is 215 g/mol. The molecular formula is C11H21NO3. The van der Waals surface area contributed by atoms with E-state index in [9.17, 15) is 4.79 Å². The number of carbonyl (C=O) groups is 1. The number of rotatable bonds is 5. The van der Waals surface area contributed by atoms with Crippen LogP contribution in [0.1, 0.15) is 26.2 Å². The highest BCUT2D eigenvalue weighted by molar-refractivity contribution is 5.77. The molecule has 4 heteroatoms. The molecule has 4 nitrogen and oxygen atoms in total. The summed E-state index contributed by atoms with van der Waals surface area (Å²) in [7, 11) is 0. The van der Waals surface area contributed by atoms with Crippen molar-refractivity contribution in [1.82, 2.24) is 4.90 Å². The average Bonchev–Trinajstić information content (AvgIpc) is 2.27. The largest absolute Gasteiger partial charge is 0.396 e. The van der Waals surface area contributed by atoms with Crippen LogP contribution in [-0.2, 0) is 9.53 Å². The summed E-state index contributed by atoms with van der Waals surface area (Å²) in [6, 6.07) is 0. The molecule has 1 saturated heterocycles. The van der Waals surface area contributed by atoms with Crippen molar-refractivity contribution in [2.24, 2.45) is 5.92 Å². The molecule has 1 atom stereocenters. The zero-order valence-electron chi connectivity index (χ0n) is 9.45. The third-order valence-corrected chi connectivity index (χ3v) is 2.84. The van der Waals surface area contributed by atoms with Crippen LogP contribution >= 0.6 is 0 Å². The summed E-state index contributed by atoms with van der Waals surface area (Å²) in [5, 5.41) is 8.86. The molecule has 88 valence electrons. The van der Waals surface area contributed by atoms with E-state index in [1.807, 2.05) is 11.8 Å². The van der Waals surface area contributed by atoms with Crippen molar-refractivity contribution in [1.29, 1.82) is 0 Å². The molecule has 1 aliphatic rings. The van der Waals surface area contributed by atoms with Crippen LogP contribution in [0.4, 0.5) is 0 Å². The molecule has 0 aromatic rings. The SMILES string of the molecule is CCOCC(=O)N1CCCC(CCO)C1. The van der Waals surface area contributed by atoms with Crippen molar-refractivity contribution < 1.29 is 14.6 Å². The lowest BCUT2D eigenvalue weighted by atomic mass is 9.95. The van der Waals surface area contributed by atoms with E-state index >= 15 is 0 Å². The Bertz CT molecular complexity index is 194. The number of likely N-dealkylation sites (tertiary alicyclic amines) is 1. The van der Waals surface area contributed by atoms with E-state index in [1.54, 1.807) is 0 Å². The fourth-order valence-corrected chi connectivity index (χ4v) is 1.99. The Morgan fingerprint density at radius 1 is 1.60 bits per heavy atom. The van der Waals surface area contributed by atoms with Crippen LogP contribution in [0.5, 0.6) is 0 Å². The maximum absolute atomic E-state index is 11.6. The van der Waals surface area contributed by atoms with Crippen molar-refractivity contribution in [3.63, 3.8) is 0 Å². The summed E-state index contributed by atoms with van der Waals surface area (Å²) in [6.07, 6.45) is 2.97. The number of hydrogen-bond acceptors (Lipinski definition) is 3. The molecule has 1 aliphatic heterocycles. The van der Waals surface area contributed by atoms with E-state index in [-0.39, 0.29) is 19.1 Å². The van der Waals surface area contributed by atoms with Crippen molar-refractivity contribution >= 4 is 5.91 Å². The normalized spacial score (nSPS) is 21.7. The third-order valence-electron chi connectivity index (χ3n) is 2.84. The first kappa shape index (κ1) is 12.5.